The Morgan fingerprint density at radius 2 is 1.53 bits per heavy atom. The van der Waals surface area contributed by atoms with Gasteiger partial charge in [0.1, 0.15) is 12.3 Å². The van der Waals surface area contributed by atoms with Gasteiger partial charge in [-0.05, 0) is 37.5 Å². The number of alkyl carbamates (subject to hydrolysis) is 1. The minimum Gasteiger partial charge on any atom is -0.481 e. The van der Waals surface area contributed by atoms with Gasteiger partial charge in [0.05, 0.1) is 28.5 Å². The molecule has 2 fully saturated rings. The number of hydrogen-bond donors (Lipinski definition) is 4. The number of carbonyl (C=O) groups excluding carboxylic acids is 3. The minimum absolute atomic E-state index is 0.0411. The number of carbonyl (C=O) groups is 3. The Bertz CT molecular complexity index is 2370. The number of fused-ring (bicyclic) bond motifs is 1. The van der Waals surface area contributed by atoms with Gasteiger partial charge in [0.2, 0.25) is 17.7 Å². The first-order chi connectivity index (χ1) is 26.6. The lowest BCUT2D eigenvalue weighted by Crippen LogP contribution is -2.38. The number of pyridine rings is 2. The van der Waals surface area contributed by atoms with Crippen molar-refractivity contribution in [2.45, 2.75) is 57.8 Å². The molecule has 15 heteroatoms. The van der Waals surface area contributed by atoms with Crippen molar-refractivity contribution in [3.63, 3.8) is 0 Å². The predicted molar refractivity (Wildman–Crippen MR) is 209 cm³/mol. The highest BCUT2D eigenvalue weighted by Gasteiger charge is 2.23. The molecule has 0 unspecified atom stereocenters. The van der Waals surface area contributed by atoms with E-state index >= 15 is 0 Å². The van der Waals surface area contributed by atoms with Gasteiger partial charge < -0.3 is 30.7 Å². The molecular weight excluding hydrogens is 745 g/mol. The minimum atomic E-state index is -0.666. The molecule has 2 aromatic carbocycles. The molecule has 7 rings (SSSR count). The molecule has 0 radical (unpaired) electrons. The second-order valence-corrected chi connectivity index (χ2v) is 14.3. The lowest BCUT2D eigenvalue weighted by atomic mass is 9.97. The topological polar surface area (TPSA) is 165 Å². The Labute approximate surface area is 326 Å². The molecule has 3 aromatic heterocycles. The number of aryl methyl sites for hydroxylation is 1. The monoisotopic (exact) mass is 783 g/mol. The second kappa shape index (κ2) is 16.5. The molecule has 0 spiro atoms. The summed E-state index contributed by atoms with van der Waals surface area (Å²) in [6.07, 6.45) is 3.47. The highest BCUT2D eigenvalue weighted by molar-refractivity contribution is 6.39. The molecule has 284 valence electrons. The number of amides is 3. The number of halogens is 2. The number of aromatic nitrogens is 3. The van der Waals surface area contributed by atoms with Gasteiger partial charge in [0.25, 0.3) is 5.56 Å². The van der Waals surface area contributed by atoms with Gasteiger partial charge in [0.15, 0.2) is 0 Å². The van der Waals surface area contributed by atoms with E-state index in [1.807, 2.05) is 61.5 Å². The van der Waals surface area contributed by atoms with E-state index < -0.39 is 6.09 Å². The summed E-state index contributed by atoms with van der Waals surface area (Å²) in [5, 5.41) is 12.7. The fourth-order valence-corrected chi connectivity index (χ4v) is 7.57. The Morgan fingerprint density at radius 3 is 2.20 bits per heavy atom. The normalized spacial score (nSPS) is 16.6. The summed E-state index contributed by atoms with van der Waals surface area (Å²) < 4.78 is 12.4. The quantitative estimate of drug-likeness (QED) is 0.126. The van der Waals surface area contributed by atoms with E-state index in [-0.39, 0.29) is 42.6 Å². The van der Waals surface area contributed by atoms with Crippen LogP contribution >= 0.6 is 23.2 Å². The van der Waals surface area contributed by atoms with Crippen molar-refractivity contribution < 1.29 is 23.9 Å². The van der Waals surface area contributed by atoms with Crippen LogP contribution in [0.3, 0.4) is 0 Å². The number of rotatable bonds is 12. The average Bonchev–Trinajstić information content (AvgIpc) is 3.80. The number of hydrogen-bond acceptors (Lipinski definition) is 9. The van der Waals surface area contributed by atoms with Gasteiger partial charge in [0, 0.05) is 90.2 Å². The first kappa shape index (κ1) is 37.8. The molecule has 5 heterocycles. The number of ether oxygens (including phenoxy) is 2. The van der Waals surface area contributed by atoms with Crippen molar-refractivity contribution in [3.05, 3.63) is 104 Å². The summed E-state index contributed by atoms with van der Waals surface area (Å²) in [7, 11) is 1.58. The van der Waals surface area contributed by atoms with Gasteiger partial charge in [-0.1, -0.05) is 65.7 Å². The van der Waals surface area contributed by atoms with Gasteiger partial charge in [-0.25, -0.2) is 14.8 Å². The highest BCUT2D eigenvalue weighted by atomic mass is 35.5. The lowest BCUT2D eigenvalue weighted by molar-refractivity contribution is -0.120. The van der Waals surface area contributed by atoms with E-state index in [2.05, 4.69) is 26.3 Å². The number of nitrogens with one attached hydrogen (secondary N) is 4. The van der Waals surface area contributed by atoms with Gasteiger partial charge in [-0.2, -0.15) is 0 Å². The van der Waals surface area contributed by atoms with Crippen molar-refractivity contribution in [3.8, 4) is 39.4 Å². The van der Waals surface area contributed by atoms with Crippen LogP contribution in [0, 0.1) is 6.92 Å². The van der Waals surface area contributed by atoms with Crippen LogP contribution in [0.15, 0.2) is 71.7 Å². The maximum atomic E-state index is 13.3. The molecule has 2 aliphatic heterocycles. The largest absolute Gasteiger partial charge is 0.481 e. The first-order valence-electron chi connectivity index (χ1n) is 17.9. The third kappa shape index (κ3) is 8.44. The van der Waals surface area contributed by atoms with Crippen molar-refractivity contribution in [2.24, 2.45) is 0 Å². The third-order valence-electron chi connectivity index (χ3n) is 9.73. The fourth-order valence-electron chi connectivity index (χ4n) is 6.91. The summed E-state index contributed by atoms with van der Waals surface area (Å²) in [5.41, 5.74) is 6.06. The Balaban J connectivity index is 1.09. The highest BCUT2D eigenvalue weighted by Crippen LogP contribution is 2.42. The van der Waals surface area contributed by atoms with E-state index in [4.69, 9.17) is 37.7 Å². The van der Waals surface area contributed by atoms with Crippen LogP contribution in [-0.2, 0) is 27.5 Å². The van der Waals surface area contributed by atoms with E-state index in [0.717, 1.165) is 12.0 Å². The first-order valence-corrected chi connectivity index (χ1v) is 18.7. The second-order valence-electron chi connectivity index (χ2n) is 13.6. The average molecular weight is 785 g/mol. The number of nitrogens with zero attached hydrogens (tertiary/aromatic N) is 3. The molecule has 0 aliphatic carbocycles. The van der Waals surface area contributed by atoms with Crippen LogP contribution in [0.5, 0.6) is 5.88 Å². The van der Waals surface area contributed by atoms with E-state index in [1.165, 1.54) is 10.5 Å². The summed E-state index contributed by atoms with van der Waals surface area (Å²) >= 11 is 14.2. The molecule has 2 saturated heterocycles. The van der Waals surface area contributed by atoms with Gasteiger partial charge >= 0.3 is 6.09 Å². The van der Waals surface area contributed by atoms with Crippen LogP contribution in [0.4, 0.5) is 4.79 Å². The third-order valence-corrected chi connectivity index (χ3v) is 10.5. The molecule has 5 aromatic rings. The summed E-state index contributed by atoms with van der Waals surface area (Å²) in [6, 6.07) is 18.4. The van der Waals surface area contributed by atoms with E-state index in [1.54, 1.807) is 13.3 Å². The van der Waals surface area contributed by atoms with E-state index in [0.29, 0.717) is 98.7 Å². The predicted octanol–water partition coefficient (Wildman–Crippen LogP) is 5.59. The fraction of sp³-hybridized carbons (Fsp3) is 0.300. The van der Waals surface area contributed by atoms with E-state index in [9.17, 15) is 19.2 Å². The van der Waals surface area contributed by atoms with Gasteiger partial charge in [-0.3, -0.25) is 18.8 Å². The molecule has 4 N–H and O–H groups in total. The SMILES string of the molecule is COc1nc(-c2cccc(-c3cccc(-c4cc(C)c5nc(COC(=O)NC[C@@H]6CCC(=O)N6)cc(=O)n5c4)c3Cl)c2Cl)ccc1CNC[C@@H]1CCC(=O)N1. The van der Waals surface area contributed by atoms with Crippen LogP contribution in [0.1, 0.15) is 42.5 Å². The van der Waals surface area contributed by atoms with Crippen LogP contribution in [-0.4, -0.2) is 64.6 Å². The number of benzene rings is 2. The zero-order chi connectivity index (χ0) is 38.6. The van der Waals surface area contributed by atoms with Gasteiger partial charge in [-0.15, -0.1) is 0 Å². The van der Waals surface area contributed by atoms with Crippen LogP contribution in [0.2, 0.25) is 10.0 Å². The standard InChI is InChI=1S/C40H39Cl2N7O6/c1-22-15-24(20-49-35(52)16-27(47-38(22)49)21-55-40(53)44-19-26-11-14-34(51)46-26)28-5-3-6-29(36(28)41)30-7-4-8-31(37(30)42)32-12-9-23(39(48-32)54-2)17-43-18-25-10-13-33(50)45-25/h3-9,12,15-16,20,25-26,43H,10-11,13-14,17-19,21H2,1-2H3,(H,44,53)(H,45,50)(H,46,51)/t25-,26-/m0/s1. The van der Waals surface area contributed by atoms with Crippen molar-refractivity contribution >= 4 is 46.8 Å². The molecule has 13 nitrogen and oxygen atoms in total. The molecule has 0 saturated carbocycles. The van der Waals surface area contributed by atoms with Crippen molar-refractivity contribution in [1.29, 1.82) is 0 Å². The zero-order valence-electron chi connectivity index (χ0n) is 30.2. The zero-order valence-corrected chi connectivity index (χ0v) is 31.7. The maximum Gasteiger partial charge on any atom is 0.407 e. The maximum absolute atomic E-state index is 13.3. The lowest BCUT2D eigenvalue weighted by Gasteiger charge is -2.16. The molecule has 2 atom stereocenters. The molecule has 0 bridgehead atoms. The smallest absolute Gasteiger partial charge is 0.407 e. The Morgan fingerprint density at radius 1 is 0.873 bits per heavy atom. The molecule has 55 heavy (non-hydrogen) atoms. The van der Waals surface area contributed by atoms with Crippen LogP contribution in [0.25, 0.3) is 39.2 Å². The molecular formula is C40H39Cl2N7O6. The summed E-state index contributed by atoms with van der Waals surface area (Å²) in [5.74, 6) is 0.508. The molecule has 2 aliphatic rings. The Hall–Kier alpha value is -5.50. The summed E-state index contributed by atoms with van der Waals surface area (Å²) in [6.45, 7) is 3.07. The summed E-state index contributed by atoms with van der Waals surface area (Å²) in [4.78, 5) is 57.9. The van der Waals surface area contributed by atoms with Crippen LogP contribution < -0.4 is 31.6 Å². The van der Waals surface area contributed by atoms with Crippen molar-refractivity contribution in [1.82, 2.24) is 35.6 Å². The van der Waals surface area contributed by atoms with Crippen molar-refractivity contribution in [2.75, 3.05) is 20.2 Å². The number of methoxy groups -OCH3 is 1. The molecule has 3 amide bonds. The Kier molecular flexibility index (Phi) is 11.3.